The van der Waals surface area contributed by atoms with Crippen molar-refractivity contribution in [1.82, 2.24) is 19.7 Å². The summed E-state index contributed by atoms with van der Waals surface area (Å²) in [5, 5.41) is 6.79. The first-order valence-corrected chi connectivity index (χ1v) is 8.39. The lowest BCUT2D eigenvalue weighted by molar-refractivity contribution is -0.130. The Bertz CT molecular complexity index is 893. The molecule has 1 aromatic heterocycles. The number of carbonyl (C=O) groups excluding carboxylic acids is 1. The zero-order valence-electron chi connectivity index (χ0n) is 13.8. The molecule has 4 rings (SSSR count). The highest BCUT2D eigenvalue weighted by Gasteiger charge is 2.20. The van der Waals surface area contributed by atoms with Crippen LogP contribution in [0.25, 0.3) is 22.2 Å². The summed E-state index contributed by atoms with van der Waals surface area (Å²) < 4.78 is 1.74. The van der Waals surface area contributed by atoms with Crippen LogP contribution in [0.2, 0.25) is 0 Å². The van der Waals surface area contributed by atoms with Gasteiger partial charge in [0.2, 0.25) is 5.91 Å². The highest BCUT2D eigenvalue weighted by Crippen LogP contribution is 2.23. The first-order chi connectivity index (χ1) is 11.7. The number of amides is 1. The number of hydrogen-bond acceptors (Lipinski definition) is 3. The Morgan fingerprint density at radius 3 is 2.62 bits per heavy atom. The monoisotopic (exact) mass is 320 g/mol. The van der Waals surface area contributed by atoms with Crippen molar-refractivity contribution in [2.24, 2.45) is 0 Å². The molecular formula is C19H20N4O. The van der Waals surface area contributed by atoms with Gasteiger partial charge in [0.1, 0.15) is 12.4 Å². The quantitative estimate of drug-likeness (QED) is 0.745. The molecule has 5 nitrogen and oxygen atoms in total. The normalized spacial score (nSPS) is 14.5. The van der Waals surface area contributed by atoms with Gasteiger partial charge in [0, 0.05) is 18.7 Å². The number of carbonyl (C=O) groups is 1. The maximum Gasteiger partial charge on any atom is 0.244 e. The SMILES string of the molecule is Cc1nc(-c2ccc3ccccc3c2)n(CC(=O)N2CCCC2)n1. The molecular weight excluding hydrogens is 300 g/mol. The summed E-state index contributed by atoms with van der Waals surface area (Å²) in [7, 11) is 0. The minimum atomic E-state index is 0.124. The van der Waals surface area contributed by atoms with Crippen molar-refractivity contribution in [3.8, 4) is 11.4 Å². The minimum Gasteiger partial charge on any atom is -0.341 e. The maximum atomic E-state index is 12.5. The zero-order valence-corrected chi connectivity index (χ0v) is 13.8. The highest BCUT2D eigenvalue weighted by atomic mass is 16.2. The lowest BCUT2D eigenvalue weighted by Gasteiger charge is -2.15. The molecule has 0 radical (unpaired) electrons. The van der Waals surface area contributed by atoms with Crippen molar-refractivity contribution in [3.63, 3.8) is 0 Å². The summed E-state index contributed by atoms with van der Waals surface area (Å²) in [5.74, 6) is 1.57. The average Bonchev–Trinajstić information content (AvgIpc) is 3.24. The van der Waals surface area contributed by atoms with Gasteiger partial charge < -0.3 is 4.90 Å². The van der Waals surface area contributed by atoms with E-state index in [1.165, 1.54) is 5.39 Å². The third-order valence-corrected chi connectivity index (χ3v) is 4.53. The topological polar surface area (TPSA) is 51.0 Å². The van der Waals surface area contributed by atoms with Crippen molar-refractivity contribution < 1.29 is 4.79 Å². The molecule has 0 aliphatic carbocycles. The molecule has 1 amide bonds. The van der Waals surface area contributed by atoms with Crippen LogP contribution in [0.3, 0.4) is 0 Å². The molecule has 1 aliphatic rings. The Kier molecular flexibility index (Phi) is 3.76. The molecule has 0 N–H and O–H groups in total. The Morgan fingerprint density at radius 2 is 1.83 bits per heavy atom. The van der Waals surface area contributed by atoms with E-state index < -0.39 is 0 Å². The fourth-order valence-corrected chi connectivity index (χ4v) is 3.30. The molecule has 2 heterocycles. The third kappa shape index (κ3) is 2.77. The lowest BCUT2D eigenvalue weighted by atomic mass is 10.1. The van der Waals surface area contributed by atoms with Gasteiger partial charge in [0.25, 0.3) is 0 Å². The molecule has 0 bridgehead atoms. The van der Waals surface area contributed by atoms with Crippen molar-refractivity contribution in [2.75, 3.05) is 13.1 Å². The molecule has 24 heavy (non-hydrogen) atoms. The van der Waals surface area contributed by atoms with Gasteiger partial charge in [-0.1, -0.05) is 36.4 Å². The largest absolute Gasteiger partial charge is 0.341 e. The zero-order chi connectivity index (χ0) is 16.5. The summed E-state index contributed by atoms with van der Waals surface area (Å²) in [6.45, 7) is 3.83. The fraction of sp³-hybridized carbons (Fsp3) is 0.316. The number of aromatic nitrogens is 3. The Morgan fingerprint density at radius 1 is 1.08 bits per heavy atom. The first kappa shape index (κ1) is 14.9. The minimum absolute atomic E-state index is 0.124. The van der Waals surface area contributed by atoms with E-state index in [0.717, 1.165) is 42.7 Å². The van der Waals surface area contributed by atoms with Crippen molar-refractivity contribution in [3.05, 3.63) is 48.3 Å². The molecule has 0 saturated carbocycles. The second kappa shape index (κ2) is 6.07. The number of nitrogens with zero attached hydrogens (tertiary/aromatic N) is 4. The van der Waals surface area contributed by atoms with Crippen molar-refractivity contribution in [1.29, 1.82) is 0 Å². The molecule has 0 spiro atoms. The van der Waals surface area contributed by atoms with E-state index in [1.54, 1.807) is 4.68 Å². The van der Waals surface area contributed by atoms with E-state index >= 15 is 0 Å². The third-order valence-electron chi connectivity index (χ3n) is 4.53. The Hall–Kier alpha value is -2.69. The van der Waals surface area contributed by atoms with E-state index in [4.69, 9.17) is 0 Å². The molecule has 0 unspecified atom stereocenters. The van der Waals surface area contributed by atoms with E-state index in [2.05, 4.69) is 34.3 Å². The van der Waals surface area contributed by atoms with Crippen LogP contribution in [-0.2, 0) is 11.3 Å². The highest BCUT2D eigenvalue weighted by molar-refractivity contribution is 5.86. The molecule has 1 fully saturated rings. The number of benzene rings is 2. The van der Waals surface area contributed by atoms with Gasteiger partial charge in [-0.05, 0) is 36.6 Å². The van der Waals surface area contributed by atoms with Gasteiger partial charge in [0.05, 0.1) is 0 Å². The van der Waals surface area contributed by atoms with Crippen LogP contribution in [-0.4, -0.2) is 38.7 Å². The van der Waals surface area contributed by atoms with Crippen molar-refractivity contribution in [2.45, 2.75) is 26.3 Å². The summed E-state index contributed by atoms with van der Waals surface area (Å²) in [4.78, 5) is 18.9. The van der Waals surface area contributed by atoms with Crippen LogP contribution < -0.4 is 0 Å². The van der Waals surface area contributed by atoms with Gasteiger partial charge in [-0.3, -0.25) is 4.79 Å². The molecule has 122 valence electrons. The molecule has 3 aromatic rings. The van der Waals surface area contributed by atoms with Crippen LogP contribution in [0.4, 0.5) is 0 Å². The number of fused-ring (bicyclic) bond motifs is 1. The van der Waals surface area contributed by atoms with E-state index in [-0.39, 0.29) is 12.5 Å². The van der Waals surface area contributed by atoms with Crippen LogP contribution in [0.1, 0.15) is 18.7 Å². The molecule has 1 aliphatic heterocycles. The van der Waals surface area contributed by atoms with Crippen LogP contribution in [0, 0.1) is 6.92 Å². The fourth-order valence-electron chi connectivity index (χ4n) is 3.30. The van der Waals surface area contributed by atoms with E-state index in [9.17, 15) is 4.79 Å². The second-order valence-corrected chi connectivity index (χ2v) is 6.29. The van der Waals surface area contributed by atoms with Gasteiger partial charge in [-0.15, -0.1) is 0 Å². The van der Waals surface area contributed by atoms with E-state index in [1.807, 2.05) is 30.0 Å². The van der Waals surface area contributed by atoms with Gasteiger partial charge in [-0.2, -0.15) is 5.10 Å². The first-order valence-electron chi connectivity index (χ1n) is 8.39. The predicted octanol–water partition coefficient (Wildman–Crippen LogP) is 3.03. The van der Waals surface area contributed by atoms with E-state index in [0.29, 0.717) is 5.82 Å². The number of likely N-dealkylation sites (tertiary alicyclic amines) is 1. The lowest BCUT2D eigenvalue weighted by Crippen LogP contribution is -2.31. The average molecular weight is 320 g/mol. The van der Waals surface area contributed by atoms with Gasteiger partial charge >= 0.3 is 0 Å². The summed E-state index contributed by atoms with van der Waals surface area (Å²) in [6, 6.07) is 14.5. The smallest absolute Gasteiger partial charge is 0.244 e. The predicted molar refractivity (Wildman–Crippen MR) is 93.5 cm³/mol. The standard InChI is InChI=1S/C19H20N4O/c1-14-20-19(17-9-8-15-6-2-3-7-16(15)12-17)23(21-14)13-18(24)22-10-4-5-11-22/h2-3,6-9,12H,4-5,10-11,13H2,1H3. The number of hydrogen-bond donors (Lipinski definition) is 0. The van der Waals surface area contributed by atoms with Crippen molar-refractivity contribution >= 4 is 16.7 Å². The summed E-state index contributed by atoms with van der Waals surface area (Å²) in [5.41, 5.74) is 0.989. The number of rotatable bonds is 3. The van der Waals surface area contributed by atoms with Crippen LogP contribution >= 0.6 is 0 Å². The Balaban J connectivity index is 1.68. The molecule has 5 heteroatoms. The molecule has 1 saturated heterocycles. The van der Waals surface area contributed by atoms with Crippen LogP contribution in [0.5, 0.6) is 0 Å². The Labute approximate surface area is 140 Å². The summed E-state index contributed by atoms with van der Waals surface area (Å²) in [6.07, 6.45) is 2.19. The molecule has 2 aromatic carbocycles. The second-order valence-electron chi connectivity index (χ2n) is 6.29. The number of aryl methyl sites for hydroxylation is 1. The van der Waals surface area contributed by atoms with Gasteiger partial charge in [-0.25, -0.2) is 9.67 Å². The molecule has 0 atom stereocenters. The maximum absolute atomic E-state index is 12.5. The van der Waals surface area contributed by atoms with Crippen LogP contribution in [0.15, 0.2) is 42.5 Å². The summed E-state index contributed by atoms with van der Waals surface area (Å²) >= 11 is 0. The van der Waals surface area contributed by atoms with Gasteiger partial charge in [0.15, 0.2) is 5.82 Å².